The molecule has 1 aromatic carbocycles. The Morgan fingerprint density at radius 2 is 2.00 bits per heavy atom. The summed E-state index contributed by atoms with van der Waals surface area (Å²) in [5, 5.41) is 9.23. The molecule has 0 aliphatic carbocycles. The molecule has 0 bridgehead atoms. The van der Waals surface area contributed by atoms with Gasteiger partial charge in [0.25, 0.3) is 5.91 Å². The maximum Gasteiger partial charge on any atom is 0.277 e. The van der Waals surface area contributed by atoms with E-state index in [9.17, 15) is 4.79 Å². The summed E-state index contributed by atoms with van der Waals surface area (Å²) >= 11 is 0. The zero-order valence-electron chi connectivity index (χ0n) is 13.1. The van der Waals surface area contributed by atoms with Crippen molar-refractivity contribution in [1.29, 1.82) is 0 Å². The van der Waals surface area contributed by atoms with Gasteiger partial charge in [0.15, 0.2) is 11.4 Å². The maximum atomic E-state index is 12.2. The number of imidazole rings is 1. The van der Waals surface area contributed by atoms with Crippen molar-refractivity contribution in [1.82, 2.24) is 19.7 Å². The molecule has 7 heteroatoms. The molecule has 1 amide bonds. The first-order valence-corrected chi connectivity index (χ1v) is 7.10. The van der Waals surface area contributed by atoms with E-state index in [4.69, 9.17) is 4.74 Å². The smallest absolute Gasteiger partial charge is 0.277 e. The topological polar surface area (TPSA) is 84.8 Å². The fourth-order valence-corrected chi connectivity index (χ4v) is 2.25. The standard InChI is InChI=1S/C16H17N5O2/c1-10-11(2)21(9-17-10)13-6-4-12(5-7-13)19-16(22)15-14(23-3)8-18-20-15/h4-9H,1-3H3,(H,18,20)(H,19,22). The first-order valence-electron chi connectivity index (χ1n) is 7.10. The van der Waals surface area contributed by atoms with E-state index >= 15 is 0 Å². The molecule has 2 aromatic heterocycles. The third kappa shape index (κ3) is 2.80. The molecule has 0 fully saturated rings. The Labute approximate surface area is 133 Å². The van der Waals surface area contributed by atoms with Gasteiger partial charge in [0.05, 0.1) is 25.3 Å². The lowest BCUT2D eigenvalue weighted by atomic mass is 10.2. The van der Waals surface area contributed by atoms with Crippen LogP contribution in [-0.2, 0) is 0 Å². The lowest BCUT2D eigenvalue weighted by Gasteiger charge is -2.08. The number of aromatic nitrogens is 4. The first-order chi connectivity index (χ1) is 11.1. The Morgan fingerprint density at radius 1 is 1.26 bits per heavy atom. The van der Waals surface area contributed by atoms with Crippen molar-refractivity contribution >= 4 is 11.6 Å². The summed E-state index contributed by atoms with van der Waals surface area (Å²) in [4.78, 5) is 16.5. The monoisotopic (exact) mass is 311 g/mol. The Bertz CT molecular complexity index is 833. The molecule has 3 rings (SSSR count). The number of carbonyl (C=O) groups is 1. The highest BCUT2D eigenvalue weighted by Crippen LogP contribution is 2.19. The van der Waals surface area contributed by atoms with E-state index in [0.29, 0.717) is 11.4 Å². The highest BCUT2D eigenvalue weighted by atomic mass is 16.5. The average Bonchev–Trinajstić information content (AvgIpc) is 3.16. The summed E-state index contributed by atoms with van der Waals surface area (Å²) in [5.41, 5.74) is 4.04. The number of methoxy groups -OCH3 is 1. The van der Waals surface area contributed by atoms with Gasteiger partial charge >= 0.3 is 0 Å². The molecular formula is C16H17N5O2. The Hall–Kier alpha value is -3.09. The molecule has 0 radical (unpaired) electrons. The minimum atomic E-state index is -0.304. The number of rotatable bonds is 4. The number of anilines is 1. The van der Waals surface area contributed by atoms with E-state index in [1.165, 1.54) is 13.3 Å². The second-order valence-corrected chi connectivity index (χ2v) is 5.10. The lowest BCUT2D eigenvalue weighted by Crippen LogP contribution is -2.13. The molecule has 3 aromatic rings. The van der Waals surface area contributed by atoms with Crippen LogP contribution in [0.25, 0.3) is 5.69 Å². The van der Waals surface area contributed by atoms with Crippen molar-refractivity contribution in [2.45, 2.75) is 13.8 Å². The van der Waals surface area contributed by atoms with E-state index in [1.54, 1.807) is 6.33 Å². The van der Waals surface area contributed by atoms with Crippen LogP contribution in [0.15, 0.2) is 36.8 Å². The summed E-state index contributed by atoms with van der Waals surface area (Å²) in [6.07, 6.45) is 3.25. The fraction of sp³-hybridized carbons (Fsp3) is 0.188. The summed E-state index contributed by atoms with van der Waals surface area (Å²) in [6, 6.07) is 7.53. The number of hydrogen-bond donors (Lipinski definition) is 2. The van der Waals surface area contributed by atoms with E-state index in [1.807, 2.05) is 42.7 Å². The van der Waals surface area contributed by atoms with Gasteiger partial charge < -0.3 is 14.6 Å². The zero-order chi connectivity index (χ0) is 16.4. The lowest BCUT2D eigenvalue weighted by molar-refractivity contribution is 0.101. The highest BCUT2D eigenvalue weighted by Gasteiger charge is 2.14. The van der Waals surface area contributed by atoms with Crippen LogP contribution in [0, 0.1) is 13.8 Å². The number of ether oxygens (including phenoxy) is 1. The highest BCUT2D eigenvalue weighted by molar-refractivity contribution is 6.04. The van der Waals surface area contributed by atoms with E-state index in [2.05, 4.69) is 20.5 Å². The molecule has 0 saturated heterocycles. The van der Waals surface area contributed by atoms with Crippen LogP contribution in [0.2, 0.25) is 0 Å². The second kappa shape index (κ2) is 5.96. The van der Waals surface area contributed by atoms with E-state index in [-0.39, 0.29) is 11.6 Å². The van der Waals surface area contributed by atoms with Gasteiger partial charge in [-0.05, 0) is 38.1 Å². The zero-order valence-corrected chi connectivity index (χ0v) is 13.1. The van der Waals surface area contributed by atoms with E-state index < -0.39 is 0 Å². The largest absolute Gasteiger partial charge is 0.493 e. The summed E-state index contributed by atoms with van der Waals surface area (Å²) in [5.74, 6) is 0.102. The van der Waals surface area contributed by atoms with Gasteiger partial charge in [0.2, 0.25) is 0 Å². The molecule has 0 saturated carbocycles. The van der Waals surface area contributed by atoms with Crippen LogP contribution in [-0.4, -0.2) is 32.8 Å². The molecule has 0 atom stereocenters. The Balaban J connectivity index is 1.78. The summed E-state index contributed by atoms with van der Waals surface area (Å²) in [6.45, 7) is 3.99. The van der Waals surface area contributed by atoms with Gasteiger partial charge in [-0.3, -0.25) is 9.89 Å². The number of benzene rings is 1. The van der Waals surface area contributed by atoms with Gasteiger partial charge in [-0.1, -0.05) is 0 Å². The van der Waals surface area contributed by atoms with Gasteiger partial charge in [0.1, 0.15) is 0 Å². The van der Waals surface area contributed by atoms with Crippen molar-refractivity contribution in [3.63, 3.8) is 0 Å². The van der Waals surface area contributed by atoms with Crippen molar-refractivity contribution in [3.8, 4) is 11.4 Å². The van der Waals surface area contributed by atoms with Crippen LogP contribution in [0.1, 0.15) is 21.9 Å². The molecule has 23 heavy (non-hydrogen) atoms. The van der Waals surface area contributed by atoms with Gasteiger partial charge in [0, 0.05) is 17.1 Å². The number of nitrogens with zero attached hydrogens (tertiary/aromatic N) is 3. The van der Waals surface area contributed by atoms with Gasteiger partial charge in [-0.15, -0.1) is 0 Å². The fourth-order valence-electron chi connectivity index (χ4n) is 2.25. The summed E-state index contributed by atoms with van der Waals surface area (Å²) in [7, 11) is 1.49. The molecule has 0 unspecified atom stereocenters. The van der Waals surface area contributed by atoms with Crippen LogP contribution in [0.5, 0.6) is 5.75 Å². The van der Waals surface area contributed by atoms with Crippen LogP contribution < -0.4 is 10.1 Å². The number of hydrogen-bond acceptors (Lipinski definition) is 4. The number of nitrogens with one attached hydrogen (secondary N) is 2. The van der Waals surface area contributed by atoms with Crippen molar-refractivity contribution < 1.29 is 9.53 Å². The van der Waals surface area contributed by atoms with Gasteiger partial charge in [-0.2, -0.15) is 5.10 Å². The molecule has 2 N–H and O–H groups in total. The predicted molar refractivity (Wildman–Crippen MR) is 86.1 cm³/mol. The molecule has 0 spiro atoms. The average molecular weight is 311 g/mol. The van der Waals surface area contributed by atoms with Crippen molar-refractivity contribution in [2.24, 2.45) is 0 Å². The number of aryl methyl sites for hydroxylation is 1. The first kappa shape index (κ1) is 14.8. The molecule has 0 aliphatic heterocycles. The van der Waals surface area contributed by atoms with E-state index in [0.717, 1.165) is 17.1 Å². The van der Waals surface area contributed by atoms with Crippen LogP contribution in [0.4, 0.5) is 5.69 Å². The SMILES string of the molecule is COc1cn[nH]c1C(=O)Nc1ccc(-n2cnc(C)c2C)cc1. The molecular weight excluding hydrogens is 294 g/mol. The van der Waals surface area contributed by atoms with Crippen molar-refractivity contribution in [3.05, 3.63) is 53.9 Å². The Kier molecular flexibility index (Phi) is 3.84. The third-order valence-corrected chi connectivity index (χ3v) is 3.71. The van der Waals surface area contributed by atoms with Crippen molar-refractivity contribution in [2.75, 3.05) is 12.4 Å². The van der Waals surface area contributed by atoms with Crippen LogP contribution in [0.3, 0.4) is 0 Å². The minimum absolute atomic E-state index is 0.289. The quantitative estimate of drug-likeness (QED) is 0.775. The Morgan fingerprint density at radius 3 is 2.61 bits per heavy atom. The second-order valence-electron chi connectivity index (χ2n) is 5.10. The molecule has 0 aliphatic rings. The number of amides is 1. The predicted octanol–water partition coefficient (Wildman–Crippen LogP) is 2.47. The normalized spacial score (nSPS) is 10.6. The third-order valence-electron chi connectivity index (χ3n) is 3.71. The minimum Gasteiger partial charge on any atom is -0.493 e. The maximum absolute atomic E-state index is 12.2. The number of carbonyl (C=O) groups excluding carboxylic acids is 1. The number of aromatic amines is 1. The molecule has 118 valence electrons. The summed E-state index contributed by atoms with van der Waals surface area (Å²) < 4.78 is 7.07. The molecule has 2 heterocycles. The number of H-pyrrole nitrogens is 1. The molecule has 7 nitrogen and oxygen atoms in total. The van der Waals surface area contributed by atoms with Gasteiger partial charge in [-0.25, -0.2) is 4.98 Å². The van der Waals surface area contributed by atoms with Crippen LogP contribution >= 0.6 is 0 Å².